The van der Waals surface area contributed by atoms with Crippen molar-refractivity contribution in [2.75, 3.05) is 18.5 Å². The minimum absolute atomic E-state index is 0.00873. The van der Waals surface area contributed by atoms with Crippen LogP contribution in [0.25, 0.3) is 0 Å². The molecular weight excluding hydrogens is 318 g/mol. The van der Waals surface area contributed by atoms with Crippen molar-refractivity contribution in [3.8, 4) is 0 Å². The highest BCUT2D eigenvalue weighted by Gasteiger charge is 2.18. The van der Waals surface area contributed by atoms with E-state index >= 15 is 0 Å². The van der Waals surface area contributed by atoms with E-state index < -0.39 is 0 Å². The average molecular weight is 344 g/mol. The molecule has 0 spiro atoms. The number of ether oxygens (including phenoxy) is 1. The fourth-order valence-corrected chi connectivity index (χ4v) is 2.60. The molecule has 1 atom stereocenters. The first-order valence-electron chi connectivity index (χ1n) is 7.59. The lowest BCUT2D eigenvalue weighted by Gasteiger charge is -2.18. The maximum atomic E-state index is 5.80. The Morgan fingerprint density at radius 1 is 1.15 bits per heavy atom. The Kier molecular flexibility index (Phi) is 8.07. The van der Waals surface area contributed by atoms with Gasteiger partial charge in [0.15, 0.2) is 5.82 Å². The van der Waals surface area contributed by atoms with Gasteiger partial charge in [-0.25, -0.2) is 9.97 Å². The molecule has 0 saturated carbocycles. The highest BCUT2D eigenvalue weighted by Crippen LogP contribution is 2.28. The monoisotopic (exact) mass is 343 g/mol. The van der Waals surface area contributed by atoms with Crippen molar-refractivity contribution in [3.63, 3.8) is 0 Å². The van der Waals surface area contributed by atoms with Crippen LogP contribution in [0.4, 0.5) is 5.82 Å². The van der Waals surface area contributed by atoms with Gasteiger partial charge in [0.1, 0.15) is 11.9 Å². The van der Waals surface area contributed by atoms with Crippen molar-refractivity contribution in [2.24, 2.45) is 0 Å². The second-order valence-electron chi connectivity index (χ2n) is 4.70. The van der Waals surface area contributed by atoms with Gasteiger partial charge in [-0.05, 0) is 42.1 Å². The van der Waals surface area contributed by atoms with Gasteiger partial charge in [-0.1, -0.05) is 27.2 Å². The Morgan fingerprint density at radius 2 is 1.90 bits per heavy atom. The Morgan fingerprint density at radius 3 is 2.45 bits per heavy atom. The van der Waals surface area contributed by atoms with Crippen LogP contribution >= 0.6 is 15.9 Å². The summed E-state index contributed by atoms with van der Waals surface area (Å²) < 4.78 is 6.78. The minimum Gasteiger partial charge on any atom is -0.371 e. The van der Waals surface area contributed by atoms with Gasteiger partial charge in [0.05, 0.1) is 10.2 Å². The first-order chi connectivity index (χ1) is 9.67. The molecule has 1 unspecified atom stereocenters. The van der Waals surface area contributed by atoms with Crippen molar-refractivity contribution >= 4 is 21.7 Å². The number of aromatic nitrogens is 2. The van der Waals surface area contributed by atoms with E-state index in [1.54, 1.807) is 0 Å². The van der Waals surface area contributed by atoms with Crippen molar-refractivity contribution in [1.82, 2.24) is 9.97 Å². The van der Waals surface area contributed by atoms with Crippen LogP contribution in [0.1, 0.15) is 64.6 Å². The van der Waals surface area contributed by atoms with Gasteiger partial charge in [-0.15, -0.1) is 0 Å². The summed E-state index contributed by atoms with van der Waals surface area (Å²) in [6.07, 6.45) is 3.94. The third kappa shape index (κ3) is 4.70. The molecule has 0 fully saturated rings. The van der Waals surface area contributed by atoms with Gasteiger partial charge in [0.2, 0.25) is 0 Å². The average Bonchev–Trinajstić information content (AvgIpc) is 2.46. The largest absolute Gasteiger partial charge is 0.371 e. The number of aryl methyl sites for hydroxylation is 1. The van der Waals surface area contributed by atoms with E-state index in [9.17, 15) is 0 Å². The molecule has 0 bridgehead atoms. The zero-order valence-electron chi connectivity index (χ0n) is 13.0. The van der Waals surface area contributed by atoms with E-state index in [1.165, 1.54) is 0 Å². The number of halogens is 1. The number of nitrogens with one attached hydrogen (secondary N) is 1. The van der Waals surface area contributed by atoms with Gasteiger partial charge in [-0.2, -0.15) is 0 Å². The number of hydrogen-bond acceptors (Lipinski definition) is 4. The summed E-state index contributed by atoms with van der Waals surface area (Å²) in [6.45, 7) is 10.0. The van der Waals surface area contributed by atoms with Gasteiger partial charge in [0.25, 0.3) is 0 Å². The zero-order chi connectivity index (χ0) is 15.0. The summed E-state index contributed by atoms with van der Waals surface area (Å²) in [5.74, 6) is 1.68. The lowest BCUT2D eigenvalue weighted by molar-refractivity contribution is 0.0493. The molecule has 20 heavy (non-hydrogen) atoms. The van der Waals surface area contributed by atoms with Gasteiger partial charge >= 0.3 is 0 Å². The lowest BCUT2D eigenvalue weighted by Crippen LogP contribution is -2.14. The summed E-state index contributed by atoms with van der Waals surface area (Å²) in [5, 5.41) is 3.36. The second-order valence-corrected chi connectivity index (χ2v) is 5.50. The molecule has 0 aliphatic carbocycles. The van der Waals surface area contributed by atoms with Crippen LogP contribution in [0.3, 0.4) is 0 Å². The van der Waals surface area contributed by atoms with Crippen LogP contribution in [0.15, 0.2) is 4.47 Å². The molecule has 0 aromatic carbocycles. The smallest absolute Gasteiger partial charge is 0.159 e. The molecular formula is C15H26BrN3O. The van der Waals surface area contributed by atoms with Gasteiger partial charge in [-0.3, -0.25) is 0 Å². The third-order valence-electron chi connectivity index (χ3n) is 3.02. The van der Waals surface area contributed by atoms with E-state index in [1.807, 2.05) is 6.92 Å². The van der Waals surface area contributed by atoms with Crippen molar-refractivity contribution < 1.29 is 4.74 Å². The fourth-order valence-electron chi connectivity index (χ4n) is 2.00. The summed E-state index contributed by atoms with van der Waals surface area (Å²) >= 11 is 3.60. The third-order valence-corrected chi connectivity index (χ3v) is 3.85. The van der Waals surface area contributed by atoms with Gasteiger partial charge in [0, 0.05) is 13.2 Å². The van der Waals surface area contributed by atoms with Crippen LogP contribution in [-0.4, -0.2) is 23.1 Å². The molecule has 1 rings (SSSR count). The predicted molar refractivity (Wildman–Crippen MR) is 87.2 cm³/mol. The fraction of sp³-hybridized carbons (Fsp3) is 0.733. The lowest BCUT2D eigenvalue weighted by atomic mass is 10.2. The normalized spacial score (nSPS) is 12.4. The SMILES string of the molecule is CCCNc1nc(C(CCC)OCC)nc(CC)c1Br. The first-order valence-corrected chi connectivity index (χ1v) is 8.38. The maximum Gasteiger partial charge on any atom is 0.159 e. The zero-order valence-corrected chi connectivity index (χ0v) is 14.6. The number of rotatable bonds is 9. The number of anilines is 1. The maximum absolute atomic E-state index is 5.80. The molecule has 1 heterocycles. The molecule has 0 radical (unpaired) electrons. The summed E-state index contributed by atoms with van der Waals surface area (Å²) in [4.78, 5) is 9.34. The van der Waals surface area contributed by atoms with Crippen LogP contribution in [-0.2, 0) is 11.2 Å². The topological polar surface area (TPSA) is 47.0 Å². The number of nitrogens with zero attached hydrogens (tertiary/aromatic N) is 2. The van der Waals surface area contributed by atoms with E-state index in [0.717, 1.165) is 54.0 Å². The van der Waals surface area contributed by atoms with Crippen LogP contribution in [0.5, 0.6) is 0 Å². The predicted octanol–water partition coefficient (Wildman–Crippen LogP) is 4.50. The summed E-state index contributed by atoms with van der Waals surface area (Å²) in [5.41, 5.74) is 1.04. The molecule has 114 valence electrons. The molecule has 0 saturated heterocycles. The number of hydrogen-bond donors (Lipinski definition) is 1. The minimum atomic E-state index is -0.00873. The van der Waals surface area contributed by atoms with E-state index in [2.05, 4.69) is 52.0 Å². The van der Waals surface area contributed by atoms with Crippen LogP contribution < -0.4 is 5.32 Å². The highest BCUT2D eigenvalue weighted by atomic mass is 79.9. The molecule has 1 N–H and O–H groups in total. The summed E-state index contributed by atoms with van der Waals surface area (Å²) in [7, 11) is 0. The Balaban J connectivity index is 3.10. The molecule has 0 amide bonds. The van der Waals surface area contributed by atoms with Crippen molar-refractivity contribution in [3.05, 3.63) is 16.0 Å². The van der Waals surface area contributed by atoms with Crippen LogP contribution in [0.2, 0.25) is 0 Å². The molecule has 4 nitrogen and oxygen atoms in total. The van der Waals surface area contributed by atoms with E-state index in [4.69, 9.17) is 4.74 Å². The molecule has 0 aliphatic rings. The second kappa shape index (κ2) is 9.29. The molecule has 5 heteroatoms. The summed E-state index contributed by atoms with van der Waals surface area (Å²) in [6, 6.07) is 0. The first kappa shape index (κ1) is 17.4. The van der Waals surface area contributed by atoms with E-state index in [-0.39, 0.29) is 6.10 Å². The Labute approximate surface area is 130 Å². The standard InChI is InChI=1S/C15H26BrN3O/c1-5-9-12(20-8-4)14-18-11(7-3)13(16)15(19-14)17-10-6-2/h12H,5-10H2,1-4H3,(H,17,18,19). The molecule has 1 aromatic heterocycles. The van der Waals surface area contributed by atoms with Crippen LogP contribution in [0, 0.1) is 0 Å². The molecule has 1 aromatic rings. The quantitative estimate of drug-likeness (QED) is 0.716. The van der Waals surface area contributed by atoms with Crippen molar-refractivity contribution in [1.29, 1.82) is 0 Å². The Bertz CT molecular complexity index is 406. The highest BCUT2D eigenvalue weighted by molar-refractivity contribution is 9.10. The van der Waals surface area contributed by atoms with Crippen molar-refractivity contribution in [2.45, 2.75) is 59.5 Å². The van der Waals surface area contributed by atoms with Gasteiger partial charge < -0.3 is 10.1 Å². The Hall–Kier alpha value is -0.680. The van der Waals surface area contributed by atoms with E-state index in [0.29, 0.717) is 6.61 Å². The molecule has 0 aliphatic heterocycles.